The summed E-state index contributed by atoms with van der Waals surface area (Å²) >= 11 is 0. The summed E-state index contributed by atoms with van der Waals surface area (Å²) in [5.74, 6) is 0. The van der Waals surface area contributed by atoms with E-state index in [-0.39, 0.29) is 11.7 Å². The minimum Gasteiger partial charge on any atom is -0.304 e. The Morgan fingerprint density at radius 2 is 2.31 bits per heavy atom. The molecule has 0 radical (unpaired) electrons. The van der Waals surface area contributed by atoms with Crippen LogP contribution in [-0.4, -0.2) is 19.7 Å². The van der Waals surface area contributed by atoms with Crippen molar-refractivity contribution in [3.63, 3.8) is 0 Å². The van der Waals surface area contributed by atoms with Gasteiger partial charge in [-0.2, -0.15) is 5.10 Å². The van der Waals surface area contributed by atoms with Gasteiger partial charge in [-0.3, -0.25) is 4.57 Å². The molecule has 0 fully saturated rings. The SMILES string of the molecule is CC(C)n1c(=O)[nH]c2ccnnc21. The maximum absolute atomic E-state index is 11.4. The van der Waals surface area contributed by atoms with Crippen LogP contribution in [0.1, 0.15) is 19.9 Å². The van der Waals surface area contributed by atoms with Gasteiger partial charge in [-0.05, 0) is 19.9 Å². The van der Waals surface area contributed by atoms with Crippen molar-refractivity contribution in [1.82, 2.24) is 19.7 Å². The molecule has 2 heterocycles. The van der Waals surface area contributed by atoms with Crippen LogP contribution in [0.3, 0.4) is 0 Å². The van der Waals surface area contributed by atoms with Crippen LogP contribution in [0.25, 0.3) is 11.2 Å². The first-order valence-electron chi connectivity index (χ1n) is 4.12. The van der Waals surface area contributed by atoms with Crippen molar-refractivity contribution < 1.29 is 0 Å². The summed E-state index contributed by atoms with van der Waals surface area (Å²) in [6, 6.07) is 1.83. The Morgan fingerprint density at radius 1 is 1.54 bits per heavy atom. The first-order valence-corrected chi connectivity index (χ1v) is 4.12. The summed E-state index contributed by atoms with van der Waals surface area (Å²) < 4.78 is 1.59. The van der Waals surface area contributed by atoms with Crippen molar-refractivity contribution in [3.05, 3.63) is 22.7 Å². The fraction of sp³-hybridized carbons (Fsp3) is 0.375. The average Bonchev–Trinajstić information content (AvgIpc) is 2.39. The fourth-order valence-corrected chi connectivity index (χ4v) is 1.35. The molecule has 0 bridgehead atoms. The van der Waals surface area contributed by atoms with E-state index in [4.69, 9.17) is 0 Å². The predicted octanol–water partition coefficient (Wildman–Crippen LogP) is 0.700. The van der Waals surface area contributed by atoms with Gasteiger partial charge in [-0.1, -0.05) is 0 Å². The predicted molar refractivity (Wildman–Crippen MR) is 48.5 cm³/mol. The number of hydrogen-bond acceptors (Lipinski definition) is 3. The second kappa shape index (κ2) is 2.69. The molecule has 5 heteroatoms. The van der Waals surface area contributed by atoms with E-state index in [1.54, 1.807) is 16.8 Å². The Bertz CT molecular complexity index is 482. The normalized spacial score (nSPS) is 11.3. The third kappa shape index (κ3) is 1.12. The van der Waals surface area contributed by atoms with Gasteiger partial charge in [0.25, 0.3) is 0 Å². The Morgan fingerprint density at radius 3 is 3.00 bits per heavy atom. The Kier molecular flexibility index (Phi) is 1.65. The molecule has 2 aromatic rings. The summed E-state index contributed by atoms with van der Waals surface area (Å²) in [4.78, 5) is 14.1. The summed E-state index contributed by atoms with van der Waals surface area (Å²) in [6.07, 6.45) is 1.56. The van der Waals surface area contributed by atoms with Gasteiger partial charge < -0.3 is 4.98 Å². The molecule has 2 rings (SSSR count). The fourth-order valence-electron chi connectivity index (χ4n) is 1.35. The van der Waals surface area contributed by atoms with Crippen molar-refractivity contribution in [2.75, 3.05) is 0 Å². The summed E-state index contributed by atoms with van der Waals surface area (Å²) in [5, 5.41) is 7.64. The molecule has 5 nitrogen and oxygen atoms in total. The molecular weight excluding hydrogens is 168 g/mol. The first-order chi connectivity index (χ1) is 6.20. The Labute approximate surface area is 74.4 Å². The quantitative estimate of drug-likeness (QED) is 0.699. The molecule has 0 aliphatic heterocycles. The maximum atomic E-state index is 11.4. The number of nitrogens with zero attached hydrogens (tertiary/aromatic N) is 3. The van der Waals surface area contributed by atoms with Gasteiger partial charge in [0.05, 0.1) is 11.7 Å². The van der Waals surface area contributed by atoms with Crippen LogP contribution in [0.5, 0.6) is 0 Å². The van der Waals surface area contributed by atoms with Crippen molar-refractivity contribution in [2.45, 2.75) is 19.9 Å². The second-order valence-electron chi connectivity index (χ2n) is 3.16. The highest BCUT2D eigenvalue weighted by molar-refractivity contribution is 5.69. The molecule has 0 spiro atoms. The second-order valence-corrected chi connectivity index (χ2v) is 3.16. The molecule has 2 aromatic heterocycles. The van der Waals surface area contributed by atoms with Crippen LogP contribution in [0.15, 0.2) is 17.1 Å². The van der Waals surface area contributed by atoms with E-state index in [9.17, 15) is 4.79 Å². The van der Waals surface area contributed by atoms with E-state index >= 15 is 0 Å². The molecule has 0 aliphatic carbocycles. The number of H-pyrrole nitrogens is 1. The minimum absolute atomic E-state index is 0.0953. The molecule has 0 amide bonds. The highest BCUT2D eigenvalue weighted by Gasteiger charge is 2.09. The van der Waals surface area contributed by atoms with Crippen LogP contribution in [0.4, 0.5) is 0 Å². The standard InChI is InChI=1S/C8H10N4O/c1-5(2)12-7-6(10-8(12)13)3-4-9-11-7/h3-5H,1-2H3,(H,10,13). The van der Waals surface area contributed by atoms with Crippen LogP contribution in [-0.2, 0) is 0 Å². The zero-order valence-corrected chi connectivity index (χ0v) is 7.48. The number of aromatic amines is 1. The molecule has 0 aromatic carbocycles. The zero-order valence-electron chi connectivity index (χ0n) is 7.48. The largest absolute Gasteiger partial charge is 0.327 e. The lowest BCUT2D eigenvalue weighted by Crippen LogP contribution is -2.18. The summed E-state index contributed by atoms with van der Waals surface area (Å²) in [5.41, 5.74) is 1.21. The Balaban J connectivity index is 2.87. The van der Waals surface area contributed by atoms with Crippen LogP contribution < -0.4 is 5.69 Å². The van der Waals surface area contributed by atoms with Crippen LogP contribution in [0, 0.1) is 0 Å². The summed E-state index contributed by atoms with van der Waals surface area (Å²) in [6.45, 7) is 3.87. The van der Waals surface area contributed by atoms with Crippen LogP contribution in [0.2, 0.25) is 0 Å². The molecule has 13 heavy (non-hydrogen) atoms. The minimum atomic E-state index is -0.134. The Hall–Kier alpha value is -1.65. The highest BCUT2D eigenvalue weighted by atomic mass is 16.1. The maximum Gasteiger partial charge on any atom is 0.327 e. The average molecular weight is 178 g/mol. The number of imidazole rings is 1. The molecule has 0 saturated carbocycles. The van der Waals surface area contributed by atoms with E-state index < -0.39 is 0 Å². The topological polar surface area (TPSA) is 63.6 Å². The molecule has 1 N–H and O–H groups in total. The molecule has 0 unspecified atom stereocenters. The number of rotatable bonds is 1. The van der Waals surface area contributed by atoms with E-state index in [1.165, 1.54) is 0 Å². The third-order valence-corrected chi connectivity index (χ3v) is 1.91. The van der Waals surface area contributed by atoms with Gasteiger partial charge in [0.2, 0.25) is 0 Å². The van der Waals surface area contributed by atoms with Crippen molar-refractivity contribution in [3.8, 4) is 0 Å². The van der Waals surface area contributed by atoms with E-state index in [0.29, 0.717) is 5.65 Å². The van der Waals surface area contributed by atoms with Crippen LogP contribution >= 0.6 is 0 Å². The molecule has 0 atom stereocenters. The van der Waals surface area contributed by atoms with E-state index in [2.05, 4.69) is 15.2 Å². The molecular formula is C8H10N4O. The summed E-state index contributed by atoms with van der Waals surface area (Å²) in [7, 11) is 0. The molecule has 0 aliphatic rings. The van der Waals surface area contributed by atoms with Gasteiger partial charge in [-0.25, -0.2) is 4.79 Å². The lowest BCUT2D eigenvalue weighted by Gasteiger charge is -2.04. The zero-order chi connectivity index (χ0) is 9.42. The molecule has 68 valence electrons. The number of fused-ring (bicyclic) bond motifs is 1. The van der Waals surface area contributed by atoms with Gasteiger partial charge >= 0.3 is 5.69 Å². The first kappa shape index (κ1) is 7.97. The van der Waals surface area contributed by atoms with Gasteiger partial charge in [-0.15, -0.1) is 5.10 Å². The van der Waals surface area contributed by atoms with Crippen molar-refractivity contribution in [1.29, 1.82) is 0 Å². The monoisotopic (exact) mass is 178 g/mol. The smallest absolute Gasteiger partial charge is 0.304 e. The lowest BCUT2D eigenvalue weighted by molar-refractivity contribution is 0.591. The van der Waals surface area contributed by atoms with E-state index in [1.807, 2.05) is 13.8 Å². The van der Waals surface area contributed by atoms with Gasteiger partial charge in [0, 0.05) is 6.04 Å². The highest BCUT2D eigenvalue weighted by Crippen LogP contribution is 2.09. The van der Waals surface area contributed by atoms with Gasteiger partial charge in [0.1, 0.15) is 0 Å². The lowest BCUT2D eigenvalue weighted by atomic mass is 10.4. The molecule has 0 saturated heterocycles. The number of aromatic nitrogens is 4. The van der Waals surface area contributed by atoms with Gasteiger partial charge in [0.15, 0.2) is 5.65 Å². The number of nitrogens with one attached hydrogen (secondary N) is 1. The number of hydrogen-bond donors (Lipinski definition) is 1. The third-order valence-electron chi connectivity index (χ3n) is 1.91. The van der Waals surface area contributed by atoms with Crippen molar-refractivity contribution in [2.24, 2.45) is 0 Å². The van der Waals surface area contributed by atoms with Crippen molar-refractivity contribution >= 4 is 11.2 Å². The van der Waals surface area contributed by atoms with E-state index in [0.717, 1.165) is 5.52 Å².